The van der Waals surface area contributed by atoms with Gasteiger partial charge in [-0.3, -0.25) is 9.59 Å². The van der Waals surface area contributed by atoms with Crippen molar-refractivity contribution in [3.63, 3.8) is 0 Å². The molecule has 10 heteroatoms. The fourth-order valence-electron chi connectivity index (χ4n) is 3.92. The largest absolute Gasteiger partial charge is 0.497 e. The number of methoxy groups -OCH3 is 5. The van der Waals surface area contributed by atoms with Crippen LogP contribution in [0.5, 0.6) is 23.0 Å². The maximum atomic E-state index is 13.4. The minimum Gasteiger partial charge on any atom is -0.497 e. The Balaban J connectivity index is 1.80. The zero-order valence-electron chi connectivity index (χ0n) is 21.0. The van der Waals surface area contributed by atoms with Crippen LogP contribution in [0.15, 0.2) is 42.5 Å². The second-order valence-corrected chi connectivity index (χ2v) is 7.84. The first-order valence-electron chi connectivity index (χ1n) is 11.2. The van der Waals surface area contributed by atoms with Gasteiger partial charge in [0.1, 0.15) is 11.8 Å². The van der Waals surface area contributed by atoms with Gasteiger partial charge >= 0.3 is 5.97 Å². The summed E-state index contributed by atoms with van der Waals surface area (Å²) >= 11 is 0. The quantitative estimate of drug-likeness (QED) is 0.403. The van der Waals surface area contributed by atoms with Crippen LogP contribution in [-0.2, 0) is 14.3 Å². The Bertz CT molecular complexity index is 1100. The van der Waals surface area contributed by atoms with Crippen molar-refractivity contribution in [3.05, 3.63) is 53.6 Å². The number of nitrogens with zero attached hydrogens (tertiary/aromatic N) is 2. The molecule has 1 unspecified atom stereocenters. The summed E-state index contributed by atoms with van der Waals surface area (Å²) in [6.07, 6.45) is 3.12. The number of hydrogen-bond acceptors (Lipinski definition) is 8. The Morgan fingerprint density at radius 1 is 0.861 bits per heavy atom. The third kappa shape index (κ3) is 5.70. The van der Waals surface area contributed by atoms with Crippen LogP contribution in [0.25, 0.3) is 6.08 Å². The fraction of sp³-hybridized carbons (Fsp3) is 0.346. The van der Waals surface area contributed by atoms with Gasteiger partial charge in [-0.15, -0.1) is 0 Å². The molecule has 1 heterocycles. The summed E-state index contributed by atoms with van der Waals surface area (Å²) in [5.74, 6) is 0.365. The molecule has 36 heavy (non-hydrogen) atoms. The van der Waals surface area contributed by atoms with Gasteiger partial charge in [-0.05, 0) is 35.9 Å². The van der Waals surface area contributed by atoms with Crippen molar-refractivity contribution in [2.24, 2.45) is 0 Å². The minimum absolute atomic E-state index is 0.00533. The van der Waals surface area contributed by atoms with Gasteiger partial charge in [0.2, 0.25) is 11.7 Å². The molecule has 1 fully saturated rings. The van der Waals surface area contributed by atoms with E-state index < -0.39 is 17.9 Å². The lowest BCUT2D eigenvalue weighted by molar-refractivity contribution is -0.149. The lowest BCUT2D eigenvalue weighted by atomic mass is 10.1. The van der Waals surface area contributed by atoms with Crippen LogP contribution >= 0.6 is 0 Å². The molecule has 1 saturated heterocycles. The zero-order valence-corrected chi connectivity index (χ0v) is 21.0. The van der Waals surface area contributed by atoms with E-state index in [-0.39, 0.29) is 31.1 Å². The number of carbonyl (C=O) groups excluding carboxylic acids is 3. The maximum Gasteiger partial charge on any atom is 0.330 e. The average molecular weight is 499 g/mol. The number of ether oxygens (including phenoxy) is 5. The maximum absolute atomic E-state index is 13.4. The summed E-state index contributed by atoms with van der Waals surface area (Å²) in [7, 11) is 7.20. The van der Waals surface area contributed by atoms with E-state index in [0.29, 0.717) is 23.0 Å². The van der Waals surface area contributed by atoms with Gasteiger partial charge in [-0.2, -0.15) is 0 Å². The first kappa shape index (κ1) is 26.4. The Labute approximate surface area is 209 Å². The van der Waals surface area contributed by atoms with E-state index in [2.05, 4.69) is 0 Å². The van der Waals surface area contributed by atoms with Crippen molar-refractivity contribution in [2.75, 3.05) is 55.2 Å². The number of amides is 2. The van der Waals surface area contributed by atoms with Crippen LogP contribution in [0.3, 0.4) is 0 Å². The molecular formula is C26H30N2O8. The van der Waals surface area contributed by atoms with E-state index in [0.717, 1.165) is 5.56 Å². The van der Waals surface area contributed by atoms with Gasteiger partial charge in [0, 0.05) is 24.7 Å². The predicted octanol–water partition coefficient (Wildman–Crippen LogP) is 2.26. The fourth-order valence-corrected chi connectivity index (χ4v) is 3.92. The SMILES string of the molecule is COC(=O)C1CN(C(=O)/C=C/c2ccc(OC)cc2)CCN1C(=O)c1cc(OC)c(OC)c(OC)c1. The lowest BCUT2D eigenvalue weighted by Gasteiger charge is -2.39. The summed E-state index contributed by atoms with van der Waals surface area (Å²) in [5, 5.41) is 0. The number of piperazine rings is 1. The van der Waals surface area contributed by atoms with E-state index in [1.165, 1.54) is 56.4 Å². The summed E-state index contributed by atoms with van der Waals surface area (Å²) in [6, 6.07) is 9.31. The van der Waals surface area contributed by atoms with Crippen molar-refractivity contribution < 1.29 is 38.1 Å². The molecule has 10 nitrogen and oxygen atoms in total. The van der Waals surface area contributed by atoms with E-state index >= 15 is 0 Å². The highest BCUT2D eigenvalue weighted by molar-refractivity contribution is 5.99. The second kappa shape index (κ2) is 12.0. The zero-order chi connectivity index (χ0) is 26.2. The van der Waals surface area contributed by atoms with Crippen molar-refractivity contribution >= 4 is 23.9 Å². The second-order valence-electron chi connectivity index (χ2n) is 7.84. The highest BCUT2D eigenvalue weighted by atomic mass is 16.5. The van der Waals surface area contributed by atoms with Gasteiger partial charge < -0.3 is 33.5 Å². The predicted molar refractivity (Wildman–Crippen MR) is 132 cm³/mol. The molecule has 0 saturated carbocycles. The van der Waals surface area contributed by atoms with E-state index in [1.807, 2.05) is 12.1 Å². The van der Waals surface area contributed by atoms with Crippen molar-refractivity contribution in [1.29, 1.82) is 0 Å². The van der Waals surface area contributed by atoms with Gasteiger partial charge in [-0.1, -0.05) is 12.1 Å². The molecular weight excluding hydrogens is 468 g/mol. The van der Waals surface area contributed by atoms with Crippen LogP contribution in [0.2, 0.25) is 0 Å². The summed E-state index contributed by atoms with van der Waals surface area (Å²) in [6.45, 7) is 0.376. The summed E-state index contributed by atoms with van der Waals surface area (Å²) < 4.78 is 26.1. The third-order valence-corrected chi connectivity index (χ3v) is 5.87. The number of benzene rings is 2. The Kier molecular flexibility index (Phi) is 8.77. The van der Waals surface area contributed by atoms with E-state index in [1.54, 1.807) is 25.3 Å². The van der Waals surface area contributed by atoms with Crippen molar-refractivity contribution in [3.8, 4) is 23.0 Å². The Hall–Kier alpha value is -4.21. The van der Waals surface area contributed by atoms with Crippen molar-refractivity contribution in [2.45, 2.75) is 6.04 Å². The molecule has 2 aromatic rings. The van der Waals surface area contributed by atoms with Crippen LogP contribution in [0, 0.1) is 0 Å². The molecule has 1 aliphatic rings. The molecule has 2 amide bonds. The van der Waals surface area contributed by atoms with Gasteiger partial charge in [0.25, 0.3) is 5.91 Å². The van der Waals surface area contributed by atoms with E-state index in [4.69, 9.17) is 23.7 Å². The molecule has 0 spiro atoms. The number of esters is 1. The number of carbonyl (C=O) groups is 3. The molecule has 192 valence electrons. The van der Waals surface area contributed by atoms with Gasteiger partial charge in [-0.25, -0.2) is 4.79 Å². The molecule has 0 aliphatic carbocycles. The molecule has 0 bridgehead atoms. The normalized spacial score (nSPS) is 15.4. The first-order chi connectivity index (χ1) is 17.4. The highest BCUT2D eigenvalue weighted by Crippen LogP contribution is 2.38. The average Bonchev–Trinajstić information content (AvgIpc) is 2.93. The Morgan fingerprint density at radius 3 is 2.03 bits per heavy atom. The number of rotatable bonds is 8. The lowest BCUT2D eigenvalue weighted by Crippen LogP contribution is -2.59. The smallest absolute Gasteiger partial charge is 0.330 e. The van der Waals surface area contributed by atoms with Gasteiger partial charge in [0.05, 0.1) is 42.1 Å². The van der Waals surface area contributed by atoms with Crippen LogP contribution in [-0.4, -0.2) is 88.8 Å². The van der Waals surface area contributed by atoms with Crippen LogP contribution in [0.4, 0.5) is 0 Å². The molecule has 0 radical (unpaired) electrons. The first-order valence-corrected chi connectivity index (χ1v) is 11.2. The molecule has 0 aromatic heterocycles. The molecule has 1 aliphatic heterocycles. The molecule has 3 rings (SSSR count). The number of hydrogen-bond donors (Lipinski definition) is 0. The third-order valence-electron chi connectivity index (χ3n) is 5.87. The van der Waals surface area contributed by atoms with Gasteiger partial charge in [0.15, 0.2) is 11.5 Å². The molecule has 0 N–H and O–H groups in total. The Morgan fingerprint density at radius 2 is 1.50 bits per heavy atom. The monoisotopic (exact) mass is 498 g/mol. The molecule has 2 aromatic carbocycles. The minimum atomic E-state index is -0.978. The topological polar surface area (TPSA) is 104 Å². The highest BCUT2D eigenvalue weighted by Gasteiger charge is 2.38. The summed E-state index contributed by atoms with van der Waals surface area (Å²) in [5.41, 5.74) is 1.07. The summed E-state index contributed by atoms with van der Waals surface area (Å²) in [4.78, 5) is 41.8. The van der Waals surface area contributed by atoms with Crippen molar-refractivity contribution in [1.82, 2.24) is 9.80 Å². The van der Waals surface area contributed by atoms with Crippen LogP contribution < -0.4 is 18.9 Å². The van der Waals surface area contributed by atoms with E-state index in [9.17, 15) is 14.4 Å². The molecule has 1 atom stereocenters. The standard InChI is InChI=1S/C26H30N2O8/c1-32-19-9-6-17(7-10-19)8-11-23(29)27-12-13-28(20(16-27)26(31)36-5)25(30)18-14-21(33-2)24(35-4)22(15-18)34-3/h6-11,14-15,20H,12-13,16H2,1-5H3/b11-8+. The van der Waals surface area contributed by atoms with Crippen LogP contribution in [0.1, 0.15) is 15.9 Å².